The first-order chi connectivity index (χ1) is 11.1. The van der Waals surface area contributed by atoms with Crippen LogP contribution in [0.1, 0.15) is 18.0 Å². The number of hydrogen-bond donors (Lipinski definition) is 1. The Bertz CT molecular complexity index is 869. The summed E-state index contributed by atoms with van der Waals surface area (Å²) in [5.41, 5.74) is 0.669. The van der Waals surface area contributed by atoms with Crippen molar-refractivity contribution in [2.45, 2.75) is 18.6 Å². The third-order valence-electron chi connectivity index (χ3n) is 3.95. The van der Waals surface area contributed by atoms with Crippen molar-refractivity contribution in [2.24, 2.45) is 0 Å². The summed E-state index contributed by atoms with van der Waals surface area (Å²) in [4.78, 5) is 1.73. The minimum Gasteiger partial charge on any atom is -0.391 e. The van der Waals surface area contributed by atoms with E-state index in [2.05, 4.69) is 20.6 Å². The lowest BCUT2D eigenvalue weighted by atomic mass is 10.0. The molecular formula is C14H12F2N6O. The van der Waals surface area contributed by atoms with Crippen molar-refractivity contribution in [3.05, 3.63) is 47.5 Å². The Kier molecular flexibility index (Phi) is 3.15. The number of aliphatic hydroxyl groups is 1. The Hall–Kier alpha value is -2.68. The Morgan fingerprint density at radius 2 is 2.04 bits per heavy atom. The largest absolute Gasteiger partial charge is 0.391 e. The average molecular weight is 318 g/mol. The lowest BCUT2D eigenvalue weighted by Gasteiger charge is -2.25. The maximum atomic E-state index is 14.1. The van der Waals surface area contributed by atoms with Crippen molar-refractivity contribution in [3.8, 4) is 0 Å². The minimum absolute atomic E-state index is 0.195. The molecule has 4 rings (SSSR count). The SMILES string of the molecule is O[C@H]1C[C@@H](c2cc(F)ccc2F)N(c2ccc3nnnn3n2)C1. The summed E-state index contributed by atoms with van der Waals surface area (Å²) >= 11 is 0. The number of β-amino-alcohol motifs (C(OH)–C–C–N with tert-alkyl or cyclic N) is 1. The molecule has 9 heteroatoms. The number of benzene rings is 1. The van der Waals surface area contributed by atoms with E-state index in [0.29, 0.717) is 11.5 Å². The van der Waals surface area contributed by atoms with Gasteiger partial charge >= 0.3 is 0 Å². The van der Waals surface area contributed by atoms with E-state index >= 15 is 0 Å². The van der Waals surface area contributed by atoms with Gasteiger partial charge < -0.3 is 10.0 Å². The standard InChI is InChI=1S/C14H12F2N6O/c15-8-1-2-11(16)10(5-8)12-6-9(23)7-21(12)14-4-3-13-17-19-20-22(13)18-14/h1-5,9,12,23H,6-7H2/t9-,12-/m0/s1. The molecule has 1 aliphatic heterocycles. The first-order valence-corrected chi connectivity index (χ1v) is 7.07. The second-order valence-corrected chi connectivity index (χ2v) is 5.44. The van der Waals surface area contributed by atoms with E-state index in [-0.39, 0.29) is 18.5 Å². The van der Waals surface area contributed by atoms with Crippen molar-refractivity contribution >= 4 is 11.5 Å². The van der Waals surface area contributed by atoms with E-state index in [1.54, 1.807) is 17.0 Å². The first-order valence-electron chi connectivity index (χ1n) is 7.07. The maximum Gasteiger partial charge on any atom is 0.200 e. The van der Waals surface area contributed by atoms with Crippen LogP contribution < -0.4 is 4.90 Å². The van der Waals surface area contributed by atoms with Gasteiger partial charge in [0.05, 0.1) is 12.1 Å². The van der Waals surface area contributed by atoms with Crippen molar-refractivity contribution < 1.29 is 13.9 Å². The lowest BCUT2D eigenvalue weighted by Crippen LogP contribution is -2.26. The van der Waals surface area contributed by atoms with Gasteiger partial charge in [-0.1, -0.05) is 0 Å². The summed E-state index contributed by atoms with van der Waals surface area (Å²) in [5.74, 6) is -0.555. The van der Waals surface area contributed by atoms with Gasteiger partial charge in [0.25, 0.3) is 0 Å². The van der Waals surface area contributed by atoms with Crippen molar-refractivity contribution in [3.63, 3.8) is 0 Å². The molecule has 1 saturated heterocycles. The molecule has 0 amide bonds. The highest BCUT2D eigenvalue weighted by Gasteiger charge is 2.35. The monoisotopic (exact) mass is 318 g/mol. The van der Waals surface area contributed by atoms with Gasteiger partial charge in [-0.25, -0.2) is 8.78 Å². The molecule has 3 aromatic rings. The number of tetrazole rings is 1. The summed E-state index contributed by atoms with van der Waals surface area (Å²) in [6.45, 7) is 0.265. The number of fused-ring (bicyclic) bond motifs is 1. The predicted molar refractivity (Wildman–Crippen MR) is 75.6 cm³/mol. The quantitative estimate of drug-likeness (QED) is 0.762. The van der Waals surface area contributed by atoms with Crippen LogP contribution in [0.3, 0.4) is 0 Å². The maximum absolute atomic E-state index is 14.1. The molecule has 1 aliphatic rings. The van der Waals surface area contributed by atoms with Gasteiger partial charge in [-0.15, -0.1) is 14.8 Å². The second-order valence-electron chi connectivity index (χ2n) is 5.44. The highest BCUT2D eigenvalue weighted by Crippen LogP contribution is 2.36. The zero-order valence-electron chi connectivity index (χ0n) is 11.8. The topological polar surface area (TPSA) is 79.4 Å². The summed E-state index contributed by atoms with van der Waals surface area (Å²) < 4.78 is 28.9. The molecule has 1 aromatic carbocycles. The van der Waals surface area contributed by atoms with Gasteiger partial charge in [-0.2, -0.15) is 0 Å². The molecule has 3 heterocycles. The zero-order chi connectivity index (χ0) is 16.0. The van der Waals surface area contributed by atoms with Crippen LogP contribution in [0.4, 0.5) is 14.6 Å². The molecule has 0 radical (unpaired) electrons. The third kappa shape index (κ3) is 2.38. The molecule has 0 unspecified atom stereocenters. The van der Waals surface area contributed by atoms with E-state index in [9.17, 15) is 13.9 Å². The highest BCUT2D eigenvalue weighted by molar-refractivity contribution is 5.48. The number of nitrogens with zero attached hydrogens (tertiary/aromatic N) is 6. The smallest absolute Gasteiger partial charge is 0.200 e. The minimum atomic E-state index is -0.658. The third-order valence-corrected chi connectivity index (χ3v) is 3.95. The van der Waals surface area contributed by atoms with Crippen LogP contribution in [0.2, 0.25) is 0 Å². The lowest BCUT2D eigenvalue weighted by molar-refractivity contribution is 0.194. The summed E-state index contributed by atoms with van der Waals surface area (Å²) in [5, 5.41) is 25.2. The summed E-state index contributed by atoms with van der Waals surface area (Å²) in [6, 6.07) is 6.16. The van der Waals surface area contributed by atoms with Crippen molar-refractivity contribution in [1.29, 1.82) is 0 Å². The number of aliphatic hydroxyl groups excluding tert-OH is 1. The van der Waals surface area contributed by atoms with Crippen LogP contribution in [0.5, 0.6) is 0 Å². The van der Waals surface area contributed by atoms with Crippen LogP contribution in [-0.2, 0) is 0 Å². The zero-order valence-corrected chi connectivity index (χ0v) is 11.8. The molecule has 118 valence electrons. The fraction of sp³-hybridized carbons (Fsp3) is 0.286. The fourth-order valence-corrected chi connectivity index (χ4v) is 2.93. The predicted octanol–water partition coefficient (Wildman–Crippen LogP) is 1.11. The van der Waals surface area contributed by atoms with Crippen LogP contribution in [0.25, 0.3) is 5.65 Å². The first kappa shape index (κ1) is 13.9. The van der Waals surface area contributed by atoms with Crippen molar-refractivity contribution in [1.82, 2.24) is 25.3 Å². The number of hydrogen-bond acceptors (Lipinski definition) is 6. The van der Waals surface area contributed by atoms with Crippen LogP contribution in [-0.4, -0.2) is 43.0 Å². The molecule has 2 aromatic heterocycles. The van der Waals surface area contributed by atoms with E-state index in [0.717, 1.165) is 18.2 Å². The Morgan fingerprint density at radius 3 is 2.91 bits per heavy atom. The number of halogens is 2. The van der Waals surface area contributed by atoms with Crippen LogP contribution in [0, 0.1) is 11.6 Å². The summed E-state index contributed by atoms with van der Waals surface area (Å²) in [6.07, 6.45) is -0.371. The Morgan fingerprint density at radius 1 is 1.17 bits per heavy atom. The molecule has 0 saturated carbocycles. The Labute approximate surface area is 129 Å². The molecule has 7 nitrogen and oxygen atoms in total. The average Bonchev–Trinajstić information content (AvgIpc) is 3.15. The second kappa shape index (κ2) is 5.20. The summed E-state index contributed by atoms with van der Waals surface area (Å²) in [7, 11) is 0. The number of rotatable bonds is 2. The molecule has 0 aliphatic carbocycles. The van der Waals surface area contributed by atoms with Gasteiger partial charge in [0.1, 0.15) is 11.6 Å². The Balaban J connectivity index is 1.77. The molecule has 0 bridgehead atoms. The van der Waals surface area contributed by atoms with E-state index in [4.69, 9.17) is 0 Å². The molecule has 1 N–H and O–H groups in total. The number of anilines is 1. The van der Waals surface area contributed by atoms with Gasteiger partial charge in [-0.3, -0.25) is 0 Å². The normalized spacial score (nSPS) is 21.3. The molecular weight excluding hydrogens is 306 g/mol. The van der Waals surface area contributed by atoms with Crippen LogP contribution in [0.15, 0.2) is 30.3 Å². The molecule has 23 heavy (non-hydrogen) atoms. The molecule has 0 spiro atoms. The van der Waals surface area contributed by atoms with E-state index < -0.39 is 23.8 Å². The van der Waals surface area contributed by atoms with E-state index in [1.165, 1.54) is 4.63 Å². The highest BCUT2D eigenvalue weighted by atomic mass is 19.1. The molecule has 1 fully saturated rings. The van der Waals surface area contributed by atoms with Gasteiger partial charge in [-0.05, 0) is 47.2 Å². The van der Waals surface area contributed by atoms with Crippen LogP contribution >= 0.6 is 0 Å². The van der Waals surface area contributed by atoms with E-state index in [1.807, 2.05) is 0 Å². The van der Waals surface area contributed by atoms with Gasteiger partial charge in [0, 0.05) is 12.1 Å². The number of aromatic nitrogens is 5. The molecule has 2 atom stereocenters. The van der Waals surface area contributed by atoms with Gasteiger partial charge in [0.15, 0.2) is 11.5 Å². The van der Waals surface area contributed by atoms with Gasteiger partial charge in [0.2, 0.25) is 0 Å². The fourth-order valence-electron chi connectivity index (χ4n) is 2.93. The van der Waals surface area contributed by atoms with Crippen molar-refractivity contribution in [2.75, 3.05) is 11.4 Å².